The first-order valence-corrected chi connectivity index (χ1v) is 17.7. The van der Waals surface area contributed by atoms with Crippen molar-refractivity contribution in [2.75, 3.05) is 68.5 Å². The number of nitrogens with one attached hydrogen (secondary N) is 2. The van der Waals surface area contributed by atoms with E-state index < -0.39 is 18.4 Å². The van der Waals surface area contributed by atoms with Gasteiger partial charge in [0.05, 0.1) is 31.6 Å². The molecular weight excluding hydrogens is 642 g/mol. The predicted octanol–water partition coefficient (Wildman–Crippen LogP) is 4.92. The number of piperidine rings is 1. The fourth-order valence-corrected chi connectivity index (χ4v) is 7.77. The van der Waals surface area contributed by atoms with Gasteiger partial charge in [-0.1, -0.05) is 43.2 Å². The molecule has 11 nitrogen and oxygen atoms in total. The van der Waals surface area contributed by atoms with Crippen LogP contribution in [0.1, 0.15) is 54.4 Å². The number of anilines is 4. The van der Waals surface area contributed by atoms with Crippen molar-refractivity contribution in [1.29, 1.82) is 0 Å². The van der Waals surface area contributed by atoms with Gasteiger partial charge in [0.1, 0.15) is 11.4 Å². The Morgan fingerprint density at radius 3 is 2.48 bits per heavy atom. The molecule has 50 heavy (non-hydrogen) atoms. The van der Waals surface area contributed by atoms with Gasteiger partial charge in [-0.15, -0.1) is 0 Å². The van der Waals surface area contributed by atoms with Crippen LogP contribution >= 0.6 is 0 Å². The molecule has 1 saturated carbocycles. The van der Waals surface area contributed by atoms with E-state index in [-0.39, 0.29) is 29.6 Å². The van der Waals surface area contributed by atoms with Crippen LogP contribution in [0.3, 0.4) is 0 Å². The molecule has 0 spiro atoms. The highest BCUT2D eigenvalue weighted by Gasteiger charge is 2.48. The second kappa shape index (κ2) is 14.5. The fraction of sp³-hybridized carbons (Fsp3) is 0.514. The third-order valence-corrected chi connectivity index (χ3v) is 10.6. The van der Waals surface area contributed by atoms with Crippen LogP contribution in [0.15, 0.2) is 54.7 Å². The maximum Gasteiger partial charge on any atom is 0.342 e. The second-order valence-corrected chi connectivity index (χ2v) is 14.2. The summed E-state index contributed by atoms with van der Waals surface area (Å²) in [6.07, 6.45) is 7.18. The molecule has 266 valence electrons. The summed E-state index contributed by atoms with van der Waals surface area (Å²) < 4.78 is 35.5. The number of amides is 2. The average molecular weight is 689 g/mol. The van der Waals surface area contributed by atoms with Gasteiger partial charge in [-0.2, -0.15) is 13.8 Å². The number of benzene rings is 2. The Labute approximate surface area is 292 Å². The molecule has 2 saturated heterocycles. The molecule has 2 N–H and O–H groups in total. The van der Waals surface area contributed by atoms with E-state index in [1.807, 2.05) is 0 Å². The minimum Gasteiger partial charge on any atom is -0.495 e. The van der Waals surface area contributed by atoms with E-state index in [9.17, 15) is 18.4 Å². The van der Waals surface area contributed by atoms with Gasteiger partial charge in [-0.25, -0.2) is 4.98 Å². The van der Waals surface area contributed by atoms with Crippen molar-refractivity contribution < 1.29 is 23.1 Å². The highest BCUT2D eigenvalue weighted by molar-refractivity contribution is 6.02. The summed E-state index contributed by atoms with van der Waals surface area (Å²) >= 11 is 0. The summed E-state index contributed by atoms with van der Waals surface area (Å²) in [4.78, 5) is 42.3. The first-order chi connectivity index (χ1) is 24.2. The molecule has 3 aromatic rings. The lowest BCUT2D eigenvalue weighted by Crippen LogP contribution is -2.60. The van der Waals surface area contributed by atoms with Crippen molar-refractivity contribution in [1.82, 2.24) is 25.1 Å². The number of methoxy groups -OCH3 is 1. The third kappa shape index (κ3) is 7.39. The normalized spacial score (nSPS) is 20.7. The Hall–Kier alpha value is -4.36. The van der Waals surface area contributed by atoms with Crippen LogP contribution in [0.2, 0.25) is 0 Å². The van der Waals surface area contributed by atoms with E-state index in [0.29, 0.717) is 28.7 Å². The summed E-state index contributed by atoms with van der Waals surface area (Å²) in [7, 11) is 2.84. The maximum atomic E-state index is 15.0. The van der Waals surface area contributed by atoms with Gasteiger partial charge in [0.2, 0.25) is 5.95 Å². The molecule has 2 aromatic carbocycles. The number of ether oxygens (including phenoxy) is 1. The van der Waals surface area contributed by atoms with E-state index in [0.717, 1.165) is 69.9 Å². The van der Waals surface area contributed by atoms with E-state index in [4.69, 9.17) is 4.74 Å². The lowest BCUT2D eigenvalue weighted by molar-refractivity contribution is -0.140. The standard InChI is InChI=1S/C37H46F2N8O3/c1-44-31-19-40-36(43-33(31)47(29-10-6-7-11-29)24-37(38,39)35(44)49)42-30-13-12-27(18-32(30)50-2)34(48)41-28-22-46(23-28)21-26-14-16-45(17-15-26)20-25-8-4-3-5-9-25/h3-5,8-9,12-13,18-19,26,28-29H,6-7,10-11,14-17,20-24H2,1-2H3,(H,41,48)(H,40,42,43). The molecule has 0 atom stereocenters. The zero-order chi connectivity index (χ0) is 34.8. The van der Waals surface area contributed by atoms with Gasteiger partial charge in [0.15, 0.2) is 5.82 Å². The smallest absolute Gasteiger partial charge is 0.342 e. The fourth-order valence-electron chi connectivity index (χ4n) is 7.77. The number of aromatic nitrogens is 2. The lowest BCUT2D eigenvalue weighted by Gasteiger charge is -2.43. The van der Waals surface area contributed by atoms with E-state index in [2.05, 4.69) is 60.7 Å². The van der Waals surface area contributed by atoms with Crippen LogP contribution in [-0.4, -0.2) is 103 Å². The molecule has 3 aliphatic heterocycles. The molecule has 2 amide bonds. The maximum absolute atomic E-state index is 15.0. The number of rotatable bonds is 10. The molecule has 1 aliphatic carbocycles. The number of alkyl halides is 2. The highest BCUT2D eigenvalue weighted by atomic mass is 19.3. The molecule has 13 heteroatoms. The van der Waals surface area contributed by atoms with Crippen molar-refractivity contribution in [2.45, 2.75) is 63.1 Å². The number of carbonyl (C=O) groups is 2. The molecule has 0 unspecified atom stereocenters. The van der Waals surface area contributed by atoms with Crippen LogP contribution in [0.4, 0.5) is 31.9 Å². The number of hydrogen-bond acceptors (Lipinski definition) is 9. The van der Waals surface area contributed by atoms with Crippen LogP contribution in [0.25, 0.3) is 0 Å². The first kappa shape index (κ1) is 34.1. The van der Waals surface area contributed by atoms with Crippen molar-refractivity contribution in [3.05, 3.63) is 65.9 Å². The molecule has 4 heterocycles. The topological polar surface area (TPSA) is 106 Å². The molecule has 4 aliphatic rings. The first-order valence-electron chi connectivity index (χ1n) is 17.7. The minimum atomic E-state index is -3.55. The summed E-state index contributed by atoms with van der Waals surface area (Å²) in [5.41, 5.74) is 2.59. The SMILES string of the molecule is COc1cc(C(=O)NC2CN(CC3CCN(Cc4ccccc4)CC3)C2)ccc1Nc1ncc2c(n1)N(C1CCCC1)CC(F)(F)C(=O)N2C. The third-order valence-electron chi connectivity index (χ3n) is 10.6. The van der Waals surface area contributed by atoms with Gasteiger partial charge in [0.25, 0.3) is 11.8 Å². The van der Waals surface area contributed by atoms with Crippen LogP contribution in [-0.2, 0) is 11.3 Å². The van der Waals surface area contributed by atoms with Gasteiger partial charge >= 0.3 is 5.92 Å². The Kier molecular flexibility index (Phi) is 9.87. The molecule has 0 radical (unpaired) electrons. The van der Waals surface area contributed by atoms with Gasteiger partial charge < -0.3 is 25.2 Å². The van der Waals surface area contributed by atoms with Gasteiger partial charge in [-0.05, 0) is 68.5 Å². The molecule has 3 fully saturated rings. The number of fused-ring (bicyclic) bond motifs is 1. The monoisotopic (exact) mass is 688 g/mol. The Balaban J connectivity index is 0.939. The van der Waals surface area contributed by atoms with E-state index in [1.165, 1.54) is 38.8 Å². The highest BCUT2D eigenvalue weighted by Crippen LogP contribution is 2.40. The zero-order valence-corrected chi connectivity index (χ0v) is 28.8. The summed E-state index contributed by atoms with van der Waals surface area (Å²) in [6, 6.07) is 15.7. The Morgan fingerprint density at radius 2 is 1.76 bits per heavy atom. The molecular formula is C37H46F2N8O3. The Morgan fingerprint density at radius 1 is 1.02 bits per heavy atom. The number of carbonyl (C=O) groups excluding carboxylic acids is 2. The van der Waals surface area contributed by atoms with Crippen molar-refractivity contribution >= 4 is 35.0 Å². The van der Waals surface area contributed by atoms with E-state index >= 15 is 0 Å². The number of nitrogens with zero attached hydrogens (tertiary/aromatic N) is 6. The van der Waals surface area contributed by atoms with Crippen molar-refractivity contribution in [3.63, 3.8) is 0 Å². The summed E-state index contributed by atoms with van der Waals surface area (Å²) in [5.74, 6) is -3.44. The van der Waals surface area contributed by atoms with Gasteiger partial charge in [0, 0.05) is 44.8 Å². The molecule has 7 rings (SSSR count). The average Bonchev–Trinajstić information content (AvgIpc) is 3.63. The minimum absolute atomic E-state index is 0.0950. The predicted molar refractivity (Wildman–Crippen MR) is 188 cm³/mol. The number of likely N-dealkylation sites (tertiary alicyclic amines) is 2. The summed E-state index contributed by atoms with van der Waals surface area (Å²) in [6.45, 7) is 5.27. The number of hydrogen-bond donors (Lipinski definition) is 2. The van der Waals surface area contributed by atoms with E-state index in [1.54, 1.807) is 23.1 Å². The quantitative estimate of drug-likeness (QED) is 0.307. The zero-order valence-electron chi connectivity index (χ0n) is 28.8. The van der Waals surface area contributed by atoms with Crippen LogP contribution in [0, 0.1) is 5.92 Å². The lowest BCUT2D eigenvalue weighted by atomic mass is 9.94. The number of halogens is 2. The van der Waals surface area contributed by atoms with Crippen LogP contribution in [0.5, 0.6) is 5.75 Å². The van der Waals surface area contributed by atoms with Crippen LogP contribution < -0.4 is 25.2 Å². The Bertz CT molecular complexity index is 1670. The van der Waals surface area contributed by atoms with Crippen molar-refractivity contribution in [3.8, 4) is 5.75 Å². The second-order valence-electron chi connectivity index (χ2n) is 14.2. The summed E-state index contributed by atoms with van der Waals surface area (Å²) in [5, 5.41) is 6.29. The van der Waals surface area contributed by atoms with Gasteiger partial charge in [-0.3, -0.25) is 19.4 Å². The largest absolute Gasteiger partial charge is 0.495 e. The van der Waals surface area contributed by atoms with Crippen molar-refractivity contribution in [2.24, 2.45) is 5.92 Å². The molecule has 1 aromatic heterocycles. The molecule has 0 bridgehead atoms.